The largest absolute Gasteiger partial charge is 0.362 e. The zero-order chi connectivity index (χ0) is 21.8. The highest BCUT2D eigenvalue weighted by Crippen LogP contribution is 2.14. The van der Waals surface area contributed by atoms with Crippen LogP contribution in [0.1, 0.15) is 24.8 Å². The molecule has 2 rings (SSSR count). The Morgan fingerprint density at radius 1 is 1.17 bits per heavy atom. The molecule has 0 saturated carbocycles. The van der Waals surface area contributed by atoms with Crippen LogP contribution in [-0.4, -0.2) is 61.4 Å². The molecule has 0 radical (unpaired) electrons. The van der Waals surface area contributed by atoms with Gasteiger partial charge in [0.2, 0.25) is 23.6 Å². The molecule has 0 unspecified atom stereocenters. The number of nitrogens with one attached hydrogen (secondary N) is 2. The Bertz CT molecular complexity index is 819. The van der Waals surface area contributed by atoms with Crippen LogP contribution < -0.4 is 10.6 Å². The molecule has 0 aromatic heterocycles. The zero-order valence-corrected chi connectivity index (χ0v) is 16.5. The molecule has 2 N–H and O–H groups in total. The molecule has 1 fully saturated rings. The van der Waals surface area contributed by atoms with Crippen molar-refractivity contribution in [3.63, 3.8) is 0 Å². The number of imide groups is 1. The predicted molar refractivity (Wildman–Crippen MR) is 107 cm³/mol. The summed E-state index contributed by atoms with van der Waals surface area (Å²) in [5.41, 5.74) is 9.62. The topological polar surface area (TPSA) is 154 Å². The van der Waals surface area contributed by atoms with Gasteiger partial charge in [0, 0.05) is 43.1 Å². The van der Waals surface area contributed by atoms with Crippen LogP contribution in [0, 0.1) is 0 Å². The number of hydrogen-bond acceptors (Lipinski definition) is 6. The number of amides is 4. The highest BCUT2D eigenvalue weighted by Gasteiger charge is 2.29. The number of carbonyl (C=O) groups excluding carboxylic acids is 4. The fourth-order valence-electron chi connectivity index (χ4n) is 2.63. The molecule has 0 atom stereocenters. The van der Waals surface area contributed by atoms with Crippen LogP contribution in [0.4, 0.5) is 5.69 Å². The number of anilines is 1. The number of nitrogens with zero attached hydrogens (tertiary/aromatic N) is 4. The van der Waals surface area contributed by atoms with Crippen LogP contribution in [0.2, 0.25) is 0 Å². The molecule has 1 heterocycles. The molecule has 11 nitrogen and oxygen atoms in total. The minimum absolute atomic E-state index is 0.122. The van der Waals surface area contributed by atoms with Gasteiger partial charge < -0.3 is 15.4 Å². The smallest absolute Gasteiger partial charge is 0.250 e. The Hall–Kier alpha value is -3.43. The van der Waals surface area contributed by atoms with E-state index in [0.29, 0.717) is 44.6 Å². The number of hydrogen-bond donors (Lipinski definition) is 2. The maximum atomic E-state index is 11.9. The van der Waals surface area contributed by atoms with Crippen LogP contribution in [0.5, 0.6) is 0 Å². The van der Waals surface area contributed by atoms with Crippen LogP contribution in [-0.2, 0) is 30.3 Å². The van der Waals surface area contributed by atoms with Crippen molar-refractivity contribution in [2.45, 2.75) is 25.7 Å². The minimum atomic E-state index is -0.398. The van der Waals surface area contributed by atoms with E-state index in [-0.39, 0.29) is 37.4 Å². The van der Waals surface area contributed by atoms with Crippen molar-refractivity contribution in [2.75, 3.05) is 38.2 Å². The number of carbonyl (C=O) groups is 4. The van der Waals surface area contributed by atoms with Gasteiger partial charge in [0.25, 0.3) is 0 Å². The van der Waals surface area contributed by atoms with Gasteiger partial charge in [-0.1, -0.05) is 17.2 Å². The van der Waals surface area contributed by atoms with Crippen LogP contribution >= 0.6 is 0 Å². The number of azide groups is 1. The van der Waals surface area contributed by atoms with Crippen molar-refractivity contribution in [3.8, 4) is 0 Å². The lowest BCUT2D eigenvalue weighted by Crippen LogP contribution is -2.47. The third-order valence-corrected chi connectivity index (χ3v) is 4.30. The van der Waals surface area contributed by atoms with Crippen LogP contribution in [0.25, 0.3) is 10.4 Å². The molecule has 11 heteroatoms. The third kappa shape index (κ3) is 7.90. The van der Waals surface area contributed by atoms with Crippen molar-refractivity contribution in [2.24, 2.45) is 5.11 Å². The third-order valence-electron chi connectivity index (χ3n) is 4.30. The Labute approximate surface area is 173 Å². The van der Waals surface area contributed by atoms with Gasteiger partial charge in [-0.15, -0.1) is 0 Å². The molecule has 4 amide bonds. The Morgan fingerprint density at radius 3 is 2.53 bits per heavy atom. The molecule has 1 aliphatic rings. The summed E-state index contributed by atoms with van der Waals surface area (Å²) in [4.78, 5) is 50.4. The van der Waals surface area contributed by atoms with E-state index >= 15 is 0 Å². The molecule has 1 aliphatic heterocycles. The van der Waals surface area contributed by atoms with Crippen molar-refractivity contribution >= 4 is 29.3 Å². The maximum Gasteiger partial charge on any atom is 0.250 e. The number of rotatable bonds is 12. The summed E-state index contributed by atoms with van der Waals surface area (Å²) in [7, 11) is 0. The van der Waals surface area contributed by atoms with E-state index in [0.717, 1.165) is 5.56 Å². The fourth-order valence-corrected chi connectivity index (χ4v) is 2.63. The first-order valence-electron chi connectivity index (χ1n) is 9.57. The Balaban J connectivity index is 1.60. The van der Waals surface area contributed by atoms with Gasteiger partial charge in [0.05, 0.1) is 0 Å². The molecular formula is C19H24N6O5. The lowest BCUT2D eigenvalue weighted by atomic mass is 10.1. The lowest BCUT2D eigenvalue weighted by Gasteiger charge is -2.28. The summed E-state index contributed by atoms with van der Waals surface area (Å²) in [6, 6.07) is 7.02. The number of benzene rings is 1. The van der Waals surface area contributed by atoms with E-state index in [2.05, 4.69) is 20.7 Å². The standard InChI is InChI=1S/C19H24N6O5/c20-24-22-10-1-9-21-16(26)12-30-13-17(27)23-15-5-2-14(3-6-15)4-7-18(28)25-11-8-19(25)29/h2-3,5-6H,1,4,7-13H2,(H,21,26)(H,23,27). The van der Waals surface area contributed by atoms with Gasteiger partial charge in [0.15, 0.2) is 0 Å². The average Bonchev–Trinajstić information content (AvgIpc) is 2.72. The molecular weight excluding hydrogens is 392 g/mol. The van der Waals surface area contributed by atoms with E-state index in [4.69, 9.17) is 10.3 Å². The summed E-state index contributed by atoms with van der Waals surface area (Å²) in [6.45, 7) is 0.643. The number of ether oxygens (including phenoxy) is 1. The quantitative estimate of drug-likeness (QED) is 0.172. The van der Waals surface area contributed by atoms with Crippen LogP contribution in [0.3, 0.4) is 0 Å². The summed E-state index contributed by atoms with van der Waals surface area (Å²) in [5.74, 6) is -1.04. The Kier molecular flexibility index (Phi) is 9.29. The molecule has 0 aliphatic carbocycles. The minimum Gasteiger partial charge on any atom is -0.362 e. The molecule has 0 bridgehead atoms. The summed E-state index contributed by atoms with van der Waals surface area (Å²) >= 11 is 0. The van der Waals surface area contributed by atoms with Crippen molar-refractivity contribution in [1.29, 1.82) is 0 Å². The second-order valence-electron chi connectivity index (χ2n) is 6.58. The zero-order valence-electron chi connectivity index (χ0n) is 16.5. The molecule has 1 aromatic rings. The van der Waals surface area contributed by atoms with Crippen molar-refractivity contribution < 1.29 is 23.9 Å². The normalized spacial score (nSPS) is 12.5. The fraction of sp³-hybridized carbons (Fsp3) is 0.474. The second-order valence-corrected chi connectivity index (χ2v) is 6.58. The van der Waals surface area contributed by atoms with E-state index in [1.54, 1.807) is 24.3 Å². The SMILES string of the molecule is [N-]=[N+]=NCCCNC(=O)COCC(=O)Nc1ccc(CCC(=O)N2CCC2=O)cc1. The van der Waals surface area contributed by atoms with E-state index in [9.17, 15) is 19.2 Å². The monoisotopic (exact) mass is 416 g/mol. The highest BCUT2D eigenvalue weighted by molar-refractivity contribution is 5.99. The van der Waals surface area contributed by atoms with Gasteiger partial charge in [0.1, 0.15) is 13.2 Å². The van der Waals surface area contributed by atoms with Gasteiger partial charge in [-0.25, -0.2) is 0 Å². The maximum absolute atomic E-state index is 11.9. The lowest BCUT2D eigenvalue weighted by molar-refractivity contribution is -0.152. The average molecular weight is 416 g/mol. The van der Waals surface area contributed by atoms with Crippen molar-refractivity contribution in [1.82, 2.24) is 10.2 Å². The number of aryl methyl sites for hydroxylation is 1. The van der Waals surface area contributed by atoms with Crippen LogP contribution in [0.15, 0.2) is 29.4 Å². The predicted octanol–water partition coefficient (Wildman–Crippen LogP) is 1.15. The van der Waals surface area contributed by atoms with Crippen molar-refractivity contribution in [3.05, 3.63) is 40.3 Å². The number of likely N-dealkylation sites (tertiary alicyclic amines) is 1. The summed E-state index contributed by atoms with van der Waals surface area (Å²) < 4.78 is 5.07. The Morgan fingerprint density at radius 2 is 1.90 bits per heavy atom. The van der Waals surface area contributed by atoms with E-state index in [1.807, 2.05) is 0 Å². The van der Waals surface area contributed by atoms with Gasteiger partial charge >= 0.3 is 0 Å². The molecule has 1 saturated heterocycles. The highest BCUT2D eigenvalue weighted by atomic mass is 16.5. The molecule has 160 valence electrons. The molecule has 1 aromatic carbocycles. The molecule has 30 heavy (non-hydrogen) atoms. The molecule has 0 spiro atoms. The van der Waals surface area contributed by atoms with Gasteiger partial charge in [-0.05, 0) is 36.1 Å². The van der Waals surface area contributed by atoms with E-state index in [1.165, 1.54) is 4.90 Å². The first kappa shape index (κ1) is 22.9. The van der Waals surface area contributed by atoms with Gasteiger partial charge in [-0.3, -0.25) is 24.1 Å². The second kappa shape index (κ2) is 12.2. The van der Waals surface area contributed by atoms with E-state index < -0.39 is 5.91 Å². The van der Waals surface area contributed by atoms with Gasteiger partial charge in [-0.2, -0.15) is 0 Å². The first-order chi connectivity index (χ1) is 14.5. The number of β-lactam (4-membered cyclic amide) rings is 1. The summed E-state index contributed by atoms with van der Waals surface area (Å²) in [5, 5.41) is 8.59. The first-order valence-corrected chi connectivity index (χ1v) is 9.57. The summed E-state index contributed by atoms with van der Waals surface area (Å²) in [6.07, 6.45) is 1.74.